The maximum atomic E-state index is 6.00. The second-order valence-corrected chi connectivity index (χ2v) is 4.34. The fraction of sp³-hybridized carbons (Fsp3) is 0.0833. The molecule has 0 aliphatic heterocycles. The van der Waals surface area contributed by atoms with E-state index in [0.29, 0.717) is 15.8 Å². The van der Waals surface area contributed by atoms with Crippen LogP contribution in [0.15, 0.2) is 30.3 Å². The molecule has 0 spiro atoms. The van der Waals surface area contributed by atoms with Crippen LogP contribution in [0.2, 0.25) is 10.0 Å². The molecule has 19 heavy (non-hydrogen) atoms. The Bertz CT molecular complexity index is 576. The predicted octanol–water partition coefficient (Wildman–Crippen LogP) is 3.47. The van der Waals surface area contributed by atoms with Crippen molar-refractivity contribution in [1.82, 2.24) is 4.98 Å². The minimum absolute atomic E-state index is 0.212. The van der Waals surface area contributed by atoms with Gasteiger partial charge in [0.25, 0.3) is 0 Å². The molecule has 1 aromatic carbocycles. The molecular weight excluding hydrogens is 289 g/mol. The van der Waals surface area contributed by atoms with E-state index in [0.717, 1.165) is 5.75 Å². The summed E-state index contributed by atoms with van der Waals surface area (Å²) in [5, 5.41) is 0.606. The molecule has 0 fully saturated rings. The number of aromatic nitrogens is 1. The molecule has 1 heterocycles. The third kappa shape index (κ3) is 3.20. The Kier molecular flexibility index (Phi) is 4.31. The number of anilines is 1. The molecule has 0 bridgehead atoms. The second kappa shape index (κ2) is 5.97. The lowest BCUT2D eigenvalue weighted by molar-refractivity contribution is 0.412. The summed E-state index contributed by atoms with van der Waals surface area (Å²) in [6.45, 7) is 0. The molecule has 0 saturated heterocycles. The highest BCUT2D eigenvalue weighted by molar-refractivity contribution is 6.36. The third-order valence-corrected chi connectivity index (χ3v) is 2.87. The highest BCUT2D eigenvalue weighted by Crippen LogP contribution is 2.33. The van der Waals surface area contributed by atoms with Gasteiger partial charge in [-0.2, -0.15) is 4.98 Å². The number of rotatable bonds is 4. The summed E-state index contributed by atoms with van der Waals surface area (Å²) >= 11 is 11.9. The van der Waals surface area contributed by atoms with Gasteiger partial charge in [-0.1, -0.05) is 23.2 Å². The molecule has 1 aromatic heterocycles. The largest absolute Gasteiger partial charge is 0.497 e. The number of nitrogens with one attached hydrogen (secondary N) is 1. The van der Waals surface area contributed by atoms with E-state index in [1.54, 1.807) is 31.4 Å². The molecular formula is C12H11Cl2N3O2. The van der Waals surface area contributed by atoms with Crippen LogP contribution < -0.4 is 20.7 Å². The van der Waals surface area contributed by atoms with Gasteiger partial charge in [0.05, 0.1) is 12.1 Å². The Labute approximate surface area is 120 Å². The van der Waals surface area contributed by atoms with Crippen LogP contribution in [0.3, 0.4) is 0 Å². The number of nitrogens with zero attached hydrogens (tertiary/aromatic N) is 1. The molecule has 7 heteroatoms. The molecule has 0 atom stereocenters. The number of hydrogen-bond donors (Lipinski definition) is 2. The molecule has 100 valence electrons. The number of hydrazine groups is 1. The van der Waals surface area contributed by atoms with Crippen molar-refractivity contribution in [2.45, 2.75) is 0 Å². The first-order valence-corrected chi connectivity index (χ1v) is 6.04. The molecule has 0 aliphatic carbocycles. The number of ether oxygens (including phenoxy) is 2. The summed E-state index contributed by atoms with van der Waals surface area (Å²) < 4.78 is 10.6. The van der Waals surface area contributed by atoms with Crippen molar-refractivity contribution in [3.63, 3.8) is 0 Å². The Balaban J connectivity index is 2.26. The van der Waals surface area contributed by atoms with E-state index in [-0.39, 0.29) is 11.7 Å². The Hall–Kier alpha value is -1.69. The first kappa shape index (κ1) is 13.7. The van der Waals surface area contributed by atoms with Crippen LogP contribution in [0.5, 0.6) is 17.4 Å². The van der Waals surface area contributed by atoms with Crippen molar-refractivity contribution in [2.24, 2.45) is 5.84 Å². The van der Waals surface area contributed by atoms with Crippen molar-refractivity contribution in [2.75, 3.05) is 12.5 Å². The molecule has 0 radical (unpaired) electrons. The van der Waals surface area contributed by atoms with Crippen LogP contribution >= 0.6 is 23.2 Å². The lowest BCUT2D eigenvalue weighted by Gasteiger charge is -2.10. The molecule has 0 amide bonds. The second-order valence-electron chi connectivity index (χ2n) is 3.53. The summed E-state index contributed by atoms with van der Waals surface area (Å²) in [7, 11) is 1.59. The van der Waals surface area contributed by atoms with E-state index in [2.05, 4.69) is 10.4 Å². The molecule has 2 aromatic rings. The quantitative estimate of drug-likeness (QED) is 0.668. The zero-order valence-electron chi connectivity index (χ0n) is 9.98. The summed E-state index contributed by atoms with van der Waals surface area (Å²) in [4.78, 5) is 4.07. The SMILES string of the molecule is COc1ccc(Oc2nc(NN)c(Cl)cc2Cl)cc1. The number of halogens is 2. The summed E-state index contributed by atoms with van der Waals surface area (Å²) in [5.41, 5.74) is 2.37. The van der Waals surface area contributed by atoms with Gasteiger partial charge in [0.2, 0.25) is 5.88 Å². The molecule has 5 nitrogen and oxygen atoms in total. The van der Waals surface area contributed by atoms with Gasteiger partial charge in [-0.25, -0.2) is 5.84 Å². The van der Waals surface area contributed by atoms with E-state index in [1.165, 1.54) is 6.07 Å². The molecule has 0 aliphatic rings. The highest BCUT2D eigenvalue weighted by atomic mass is 35.5. The zero-order valence-corrected chi connectivity index (χ0v) is 11.5. The van der Waals surface area contributed by atoms with Gasteiger partial charge >= 0.3 is 0 Å². The van der Waals surface area contributed by atoms with Crippen molar-refractivity contribution in [3.8, 4) is 17.4 Å². The Morgan fingerprint density at radius 1 is 1.11 bits per heavy atom. The molecule has 3 N–H and O–H groups in total. The van der Waals surface area contributed by atoms with Crippen LogP contribution in [-0.2, 0) is 0 Å². The normalized spacial score (nSPS) is 10.1. The monoisotopic (exact) mass is 299 g/mol. The lowest BCUT2D eigenvalue weighted by Crippen LogP contribution is -2.09. The molecule has 0 unspecified atom stereocenters. The fourth-order valence-corrected chi connectivity index (χ4v) is 1.83. The van der Waals surface area contributed by atoms with E-state index >= 15 is 0 Å². The number of benzene rings is 1. The average molecular weight is 300 g/mol. The maximum Gasteiger partial charge on any atom is 0.240 e. The van der Waals surface area contributed by atoms with Crippen molar-refractivity contribution < 1.29 is 9.47 Å². The standard InChI is InChI=1S/C12H11Cl2N3O2/c1-18-7-2-4-8(5-3-7)19-12-10(14)6-9(13)11(16-12)17-15/h2-6H,15H2,1H3,(H,16,17). The van der Waals surface area contributed by atoms with Crippen LogP contribution in [-0.4, -0.2) is 12.1 Å². The van der Waals surface area contributed by atoms with Crippen molar-refractivity contribution >= 4 is 29.0 Å². The van der Waals surface area contributed by atoms with Gasteiger partial charge in [0, 0.05) is 0 Å². The van der Waals surface area contributed by atoms with Gasteiger partial charge in [-0.05, 0) is 30.3 Å². The lowest BCUT2D eigenvalue weighted by atomic mass is 10.3. The minimum atomic E-state index is 0.212. The zero-order chi connectivity index (χ0) is 13.8. The first-order chi connectivity index (χ1) is 9.13. The Morgan fingerprint density at radius 2 is 1.74 bits per heavy atom. The number of pyridine rings is 1. The Morgan fingerprint density at radius 3 is 2.32 bits per heavy atom. The van der Waals surface area contributed by atoms with E-state index in [1.807, 2.05) is 0 Å². The van der Waals surface area contributed by atoms with E-state index in [4.69, 9.17) is 38.5 Å². The molecule has 0 saturated carbocycles. The highest BCUT2D eigenvalue weighted by Gasteiger charge is 2.10. The minimum Gasteiger partial charge on any atom is -0.497 e. The number of methoxy groups -OCH3 is 1. The van der Waals surface area contributed by atoms with Gasteiger partial charge in [-0.3, -0.25) is 0 Å². The fourth-order valence-electron chi connectivity index (χ4n) is 1.38. The van der Waals surface area contributed by atoms with E-state index in [9.17, 15) is 0 Å². The number of nitrogens with two attached hydrogens (primary N) is 1. The smallest absolute Gasteiger partial charge is 0.240 e. The third-order valence-electron chi connectivity index (χ3n) is 2.31. The van der Waals surface area contributed by atoms with Crippen LogP contribution in [0.1, 0.15) is 0 Å². The van der Waals surface area contributed by atoms with Gasteiger partial charge in [-0.15, -0.1) is 0 Å². The number of nitrogen functional groups attached to an aromatic ring is 1. The first-order valence-electron chi connectivity index (χ1n) is 5.28. The average Bonchev–Trinajstić information content (AvgIpc) is 2.42. The van der Waals surface area contributed by atoms with Crippen LogP contribution in [0.25, 0.3) is 0 Å². The van der Waals surface area contributed by atoms with Gasteiger partial charge in [0.1, 0.15) is 16.5 Å². The predicted molar refractivity (Wildman–Crippen MR) is 75.1 cm³/mol. The van der Waals surface area contributed by atoms with Crippen LogP contribution in [0.4, 0.5) is 5.82 Å². The van der Waals surface area contributed by atoms with Crippen molar-refractivity contribution in [3.05, 3.63) is 40.4 Å². The summed E-state index contributed by atoms with van der Waals surface area (Å²) in [6, 6.07) is 8.51. The molecule has 2 rings (SSSR count). The topological polar surface area (TPSA) is 69.4 Å². The van der Waals surface area contributed by atoms with Gasteiger partial charge in [0.15, 0.2) is 5.82 Å². The van der Waals surface area contributed by atoms with E-state index < -0.39 is 0 Å². The number of hydrogen-bond acceptors (Lipinski definition) is 5. The maximum absolute atomic E-state index is 6.00. The van der Waals surface area contributed by atoms with Crippen LogP contribution in [0, 0.1) is 0 Å². The summed E-state index contributed by atoms with van der Waals surface area (Å²) in [5.74, 6) is 7.09. The van der Waals surface area contributed by atoms with Crippen molar-refractivity contribution in [1.29, 1.82) is 0 Å². The summed E-state index contributed by atoms with van der Waals surface area (Å²) in [6.07, 6.45) is 0. The van der Waals surface area contributed by atoms with Gasteiger partial charge < -0.3 is 14.9 Å².